The van der Waals surface area contributed by atoms with Gasteiger partial charge in [-0.1, -0.05) is 31.2 Å². The highest BCUT2D eigenvalue weighted by molar-refractivity contribution is 5.92. The van der Waals surface area contributed by atoms with Gasteiger partial charge in [0.1, 0.15) is 0 Å². The molecule has 1 saturated heterocycles. The van der Waals surface area contributed by atoms with Crippen molar-refractivity contribution in [2.45, 2.75) is 39.2 Å². The summed E-state index contributed by atoms with van der Waals surface area (Å²) in [4.78, 5) is 14.6. The fraction of sp³-hybridized carbons (Fsp3) is 0.435. The number of piperidine rings is 1. The van der Waals surface area contributed by atoms with E-state index in [-0.39, 0.29) is 11.4 Å². The minimum atomic E-state index is -0.277. The Morgan fingerprint density at radius 2 is 2.19 bits per heavy atom. The molecular weight excluding hydrogens is 336 g/mol. The van der Waals surface area contributed by atoms with Gasteiger partial charge in [0.15, 0.2) is 0 Å². The van der Waals surface area contributed by atoms with Gasteiger partial charge in [-0.25, -0.2) is 4.79 Å². The molecule has 0 unspecified atom stereocenters. The Morgan fingerprint density at radius 3 is 3.04 bits per heavy atom. The molecule has 3 aliphatic heterocycles. The number of hydrogen-bond donors (Lipinski definition) is 0. The van der Waals surface area contributed by atoms with Crippen molar-refractivity contribution in [3.8, 4) is 0 Å². The second-order valence-electron chi connectivity index (χ2n) is 8.17. The summed E-state index contributed by atoms with van der Waals surface area (Å²) >= 11 is 0. The Hall–Kier alpha value is -2.33. The van der Waals surface area contributed by atoms with Crippen molar-refractivity contribution in [1.29, 1.82) is 0 Å². The summed E-state index contributed by atoms with van der Waals surface area (Å²) in [5.41, 5.74) is 5.39. The number of para-hydroxylation sites is 1. The first-order chi connectivity index (χ1) is 13.1. The van der Waals surface area contributed by atoms with Crippen LogP contribution in [0.25, 0.3) is 16.6 Å². The van der Waals surface area contributed by atoms with Gasteiger partial charge >= 0.3 is 5.97 Å². The molecule has 0 spiro atoms. The van der Waals surface area contributed by atoms with Gasteiger partial charge in [-0.3, -0.25) is 4.90 Å². The summed E-state index contributed by atoms with van der Waals surface area (Å²) in [5, 5.41) is 1.36. The number of benzene rings is 1. The largest absolute Gasteiger partial charge is 0.463 e. The summed E-state index contributed by atoms with van der Waals surface area (Å²) in [5.74, 6) is -0.277. The smallest absolute Gasteiger partial charge is 0.330 e. The maximum Gasteiger partial charge on any atom is 0.330 e. The van der Waals surface area contributed by atoms with Crippen LogP contribution < -0.4 is 0 Å². The molecule has 1 aromatic carbocycles. The van der Waals surface area contributed by atoms with Gasteiger partial charge < -0.3 is 9.30 Å². The monoisotopic (exact) mass is 362 g/mol. The van der Waals surface area contributed by atoms with Crippen LogP contribution in [-0.4, -0.2) is 35.1 Å². The molecule has 0 radical (unpaired) electrons. The molecule has 140 valence electrons. The maximum absolute atomic E-state index is 11.9. The number of ether oxygens (including phenoxy) is 1. The van der Waals surface area contributed by atoms with Gasteiger partial charge in [0.2, 0.25) is 0 Å². The third kappa shape index (κ3) is 2.43. The normalized spacial score (nSPS) is 26.9. The van der Waals surface area contributed by atoms with E-state index in [1.807, 2.05) is 13.0 Å². The number of allylic oxidation sites excluding steroid dienone is 2. The lowest BCUT2D eigenvalue weighted by Gasteiger charge is -2.52. The summed E-state index contributed by atoms with van der Waals surface area (Å²) in [6.07, 6.45) is 9.43. The SMILES string of the molecule is CCOC(=O)/C=C/C1=C[C@]2(C)CCCN3CCc4c(n1c1ccccc41)[C@@H]32. The number of fused-ring (bicyclic) bond motifs is 3. The van der Waals surface area contributed by atoms with E-state index in [2.05, 4.69) is 46.7 Å². The average Bonchev–Trinajstić information content (AvgIpc) is 3.00. The van der Waals surface area contributed by atoms with Crippen LogP contribution in [-0.2, 0) is 16.0 Å². The first-order valence-electron chi connectivity index (χ1n) is 10.1. The summed E-state index contributed by atoms with van der Waals surface area (Å²) in [7, 11) is 0. The molecule has 5 rings (SSSR count). The fourth-order valence-corrected chi connectivity index (χ4v) is 5.50. The van der Waals surface area contributed by atoms with Crippen molar-refractivity contribution >= 4 is 22.6 Å². The first kappa shape index (κ1) is 16.8. The molecule has 0 aliphatic carbocycles. The van der Waals surface area contributed by atoms with Crippen LogP contribution in [0.2, 0.25) is 0 Å². The Bertz CT molecular complexity index is 984. The Kier molecular flexibility index (Phi) is 3.80. The van der Waals surface area contributed by atoms with E-state index in [1.54, 1.807) is 6.08 Å². The van der Waals surface area contributed by atoms with Crippen LogP contribution in [0.4, 0.5) is 0 Å². The van der Waals surface area contributed by atoms with Crippen molar-refractivity contribution in [3.63, 3.8) is 0 Å². The molecule has 2 aromatic rings. The summed E-state index contributed by atoms with van der Waals surface area (Å²) < 4.78 is 7.50. The average molecular weight is 362 g/mol. The molecule has 1 fully saturated rings. The van der Waals surface area contributed by atoms with E-state index in [9.17, 15) is 4.79 Å². The van der Waals surface area contributed by atoms with E-state index in [4.69, 9.17) is 4.74 Å². The van der Waals surface area contributed by atoms with Crippen LogP contribution in [0.3, 0.4) is 0 Å². The molecule has 2 atom stereocenters. The zero-order valence-electron chi connectivity index (χ0n) is 16.1. The lowest BCUT2D eigenvalue weighted by atomic mass is 9.69. The third-order valence-corrected chi connectivity index (χ3v) is 6.49. The molecule has 0 N–H and O–H groups in total. The quantitative estimate of drug-likeness (QED) is 0.603. The second kappa shape index (κ2) is 6.10. The zero-order valence-corrected chi connectivity index (χ0v) is 16.1. The van der Waals surface area contributed by atoms with Crippen LogP contribution in [0.15, 0.2) is 42.5 Å². The van der Waals surface area contributed by atoms with Crippen molar-refractivity contribution in [2.75, 3.05) is 19.7 Å². The van der Waals surface area contributed by atoms with E-state index < -0.39 is 0 Å². The minimum Gasteiger partial charge on any atom is -0.463 e. The van der Waals surface area contributed by atoms with Gasteiger partial charge in [0.25, 0.3) is 0 Å². The Morgan fingerprint density at radius 1 is 1.33 bits per heavy atom. The first-order valence-corrected chi connectivity index (χ1v) is 10.1. The number of nitrogens with zero attached hydrogens (tertiary/aromatic N) is 2. The molecule has 4 nitrogen and oxygen atoms in total. The third-order valence-electron chi connectivity index (χ3n) is 6.49. The maximum atomic E-state index is 11.9. The standard InChI is InChI=1S/C23H26N2O2/c1-3-27-20(26)10-9-16-15-23(2)12-6-13-24-14-11-18-17-7-4-5-8-19(17)25(16)21(18)22(23)24/h4-5,7-10,15,22H,3,6,11-14H2,1-2H3/b10-9+/t22-,23+/m1/s1. The van der Waals surface area contributed by atoms with Crippen LogP contribution >= 0.6 is 0 Å². The number of hydrogen-bond acceptors (Lipinski definition) is 3. The predicted molar refractivity (Wildman–Crippen MR) is 107 cm³/mol. The molecule has 3 aliphatic rings. The molecule has 4 heterocycles. The number of aromatic nitrogens is 1. The minimum absolute atomic E-state index is 0.103. The van der Waals surface area contributed by atoms with Crippen LogP contribution in [0, 0.1) is 5.41 Å². The molecule has 0 saturated carbocycles. The second-order valence-corrected chi connectivity index (χ2v) is 8.17. The summed E-state index contributed by atoms with van der Waals surface area (Å²) in [6.45, 7) is 6.95. The molecule has 4 heteroatoms. The lowest BCUT2D eigenvalue weighted by molar-refractivity contribution is -0.137. The number of carbonyl (C=O) groups is 1. The molecule has 0 amide bonds. The zero-order chi connectivity index (χ0) is 18.6. The Balaban J connectivity index is 1.74. The van der Waals surface area contributed by atoms with Crippen LogP contribution in [0.1, 0.15) is 44.0 Å². The highest BCUT2D eigenvalue weighted by Crippen LogP contribution is 2.55. The van der Waals surface area contributed by atoms with Crippen molar-refractivity contribution < 1.29 is 9.53 Å². The van der Waals surface area contributed by atoms with Gasteiger partial charge in [-0.05, 0) is 50.4 Å². The lowest BCUT2D eigenvalue weighted by Crippen LogP contribution is -2.49. The van der Waals surface area contributed by atoms with Crippen molar-refractivity contribution in [1.82, 2.24) is 9.47 Å². The topological polar surface area (TPSA) is 34.5 Å². The number of carbonyl (C=O) groups excluding carboxylic acids is 1. The van der Waals surface area contributed by atoms with Crippen molar-refractivity contribution in [2.24, 2.45) is 5.41 Å². The molecule has 1 aromatic heterocycles. The van der Waals surface area contributed by atoms with Gasteiger partial charge in [-0.2, -0.15) is 0 Å². The number of rotatable bonds is 3. The predicted octanol–water partition coefficient (Wildman–Crippen LogP) is 4.31. The Labute approximate surface area is 160 Å². The van der Waals surface area contributed by atoms with Crippen molar-refractivity contribution in [3.05, 3.63) is 53.8 Å². The van der Waals surface area contributed by atoms with Gasteiger partial charge in [-0.15, -0.1) is 0 Å². The fourth-order valence-electron chi connectivity index (χ4n) is 5.50. The van der Waals surface area contributed by atoms with Gasteiger partial charge in [0, 0.05) is 34.8 Å². The molecule has 0 bridgehead atoms. The van der Waals surface area contributed by atoms with E-state index >= 15 is 0 Å². The molecule has 27 heavy (non-hydrogen) atoms. The van der Waals surface area contributed by atoms with Gasteiger partial charge in [0.05, 0.1) is 18.2 Å². The van der Waals surface area contributed by atoms with E-state index in [0.717, 1.165) is 18.7 Å². The van der Waals surface area contributed by atoms with E-state index in [0.29, 0.717) is 12.6 Å². The summed E-state index contributed by atoms with van der Waals surface area (Å²) in [6, 6.07) is 9.13. The number of esters is 1. The molecular formula is C23H26N2O2. The van der Waals surface area contributed by atoms with E-state index in [1.165, 1.54) is 41.5 Å². The highest BCUT2D eigenvalue weighted by atomic mass is 16.5. The van der Waals surface area contributed by atoms with Crippen LogP contribution in [0.5, 0.6) is 0 Å². The highest BCUT2D eigenvalue weighted by Gasteiger charge is 2.48.